The molecule has 1 amide bonds. The highest BCUT2D eigenvalue weighted by atomic mass is 16.5. The fourth-order valence-electron chi connectivity index (χ4n) is 4.37. The second-order valence-corrected chi connectivity index (χ2v) is 7.34. The van der Waals surface area contributed by atoms with E-state index in [0.29, 0.717) is 6.54 Å². The van der Waals surface area contributed by atoms with Gasteiger partial charge in [0.05, 0.1) is 32.4 Å². The smallest absolute Gasteiger partial charge is 0.276 e. The molecule has 1 saturated carbocycles. The number of carbonyl (C=O) groups excluding carboxylic acids is 1. The Morgan fingerprint density at radius 1 is 1.31 bits per heavy atom. The van der Waals surface area contributed by atoms with Gasteiger partial charge in [0, 0.05) is 18.9 Å². The molecule has 1 aliphatic heterocycles. The van der Waals surface area contributed by atoms with Gasteiger partial charge in [-0.3, -0.25) is 4.79 Å². The fraction of sp³-hybridized carbons (Fsp3) is 0.600. The summed E-state index contributed by atoms with van der Waals surface area (Å²) in [5.74, 6) is 1.54. The van der Waals surface area contributed by atoms with Gasteiger partial charge in [-0.1, -0.05) is 0 Å². The average Bonchev–Trinajstić information content (AvgIpc) is 3.31. The molecule has 2 atom stereocenters. The highest BCUT2D eigenvalue weighted by Gasteiger charge is 2.38. The lowest BCUT2D eigenvalue weighted by molar-refractivity contribution is -0.910. The third kappa shape index (κ3) is 3.78. The molecular weight excluding hydrogens is 330 g/mol. The van der Waals surface area contributed by atoms with Crippen LogP contribution in [-0.4, -0.2) is 38.8 Å². The molecule has 1 unspecified atom stereocenters. The monoisotopic (exact) mass is 358 g/mol. The molecule has 140 valence electrons. The van der Waals surface area contributed by atoms with Crippen molar-refractivity contribution in [2.75, 3.05) is 27.3 Å². The van der Waals surface area contributed by atoms with Crippen molar-refractivity contribution in [3.05, 3.63) is 23.8 Å². The first-order valence-electron chi connectivity index (χ1n) is 9.39. The number of hydrogen-bond donors (Lipinski definition) is 2. The molecular formula is C20H28N3O3+. The number of quaternary nitrogens is 1. The first kappa shape index (κ1) is 18.5. The number of nitrogens with one attached hydrogen (secondary N) is 2. The van der Waals surface area contributed by atoms with Crippen LogP contribution in [0.1, 0.15) is 50.1 Å². The zero-order valence-corrected chi connectivity index (χ0v) is 15.6. The van der Waals surface area contributed by atoms with Gasteiger partial charge in [0.1, 0.15) is 23.1 Å². The van der Waals surface area contributed by atoms with Crippen LogP contribution >= 0.6 is 0 Å². The van der Waals surface area contributed by atoms with Crippen LogP contribution in [0, 0.1) is 11.3 Å². The third-order valence-electron chi connectivity index (χ3n) is 5.74. The van der Waals surface area contributed by atoms with E-state index >= 15 is 0 Å². The van der Waals surface area contributed by atoms with Crippen molar-refractivity contribution >= 4 is 5.91 Å². The summed E-state index contributed by atoms with van der Waals surface area (Å²) in [6.45, 7) is 1.34. The van der Waals surface area contributed by atoms with Crippen molar-refractivity contribution < 1.29 is 19.2 Å². The number of nitriles is 1. The Bertz CT molecular complexity index is 692. The van der Waals surface area contributed by atoms with Gasteiger partial charge < -0.3 is 19.7 Å². The molecule has 1 saturated heterocycles. The SMILES string of the molecule is COc1ccc([C@@H]2CCC[NH+]2CC(=O)NC2(C#N)CCCC2)c(OC)c1. The van der Waals surface area contributed by atoms with E-state index in [4.69, 9.17) is 9.47 Å². The Labute approximate surface area is 155 Å². The molecule has 6 heteroatoms. The van der Waals surface area contributed by atoms with E-state index in [1.807, 2.05) is 18.2 Å². The summed E-state index contributed by atoms with van der Waals surface area (Å²) >= 11 is 0. The number of methoxy groups -OCH3 is 2. The Kier molecular flexibility index (Phi) is 5.67. The number of rotatable bonds is 6. The van der Waals surface area contributed by atoms with Crippen molar-refractivity contribution in [2.45, 2.75) is 50.1 Å². The Balaban J connectivity index is 1.71. The number of likely N-dealkylation sites (tertiary alicyclic amines) is 1. The van der Waals surface area contributed by atoms with Crippen molar-refractivity contribution in [3.63, 3.8) is 0 Å². The molecule has 0 spiro atoms. The standard InChI is InChI=1S/C20H27N3O3/c1-25-15-7-8-16(18(12-15)26-2)17-6-5-11-23(17)13-19(24)22-20(14-21)9-3-4-10-20/h7-8,12,17H,3-6,9-11,13H2,1-2H3,(H,22,24)/p+1/t17-/m0/s1. The molecule has 2 aliphatic rings. The van der Waals surface area contributed by atoms with Gasteiger partial charge in [0.25, 0.3) is 5.91 Å². The summed E-state index contributed by atoms with van der Waals surface area (Å²) in [5, 5.41) is 12.5. The number of benzene rings is 1. The van der Waals surface area contributed by atoms with Crippen molar-refractivity contribution in [2.24, 2.45) is 0 Å². The summed E-state index contributed by atoms with van der Waals surface area (Å²) in [4.78, 5) is 13.8. The molecule has 2 fully saturated rings. The molecule has 1 aliphatic carbocycles. The largest absolute Gasteiger partial charge is 0.497 e. The lowest BCUT2D eigenvalue weighted by Crippen LogP contribution is -3.11. The van der Waals surface area contributed by atoms with Gasteiger partial charge in [0.15, 0.2) is 6.54 Å². The molecule has 26 heavy (non-hydrogen) atoms. The van der Waals surface area contributed by atoms with Crippen LogP contribution in [0.2, 0.25) is 0 Å². The molecule has 3 rings (SSSR count). The van der Waals surface area contributed by atoms with Crippen LogP contribution in [0.4, 0.5) is 0 Å². The molecule has 2 N–H and O–H groups in total. The fourth-order valence-corrected chi connectivity index (χ4v) is 4.37. The van der Waals surface area contributed by atoms with Crippen LogP contribution in [-0.2, 0) is 4.79 Å². The van der Waals surface area contributed by atoms with E-state index in [1.165, 1.54) is 4.90 Å². The van der Waals surface area contributed by atoms with Gasteiger partial charge in [0.2, 0.25) is 0 Å². The van der Waals surface area contributed by atoms with E-state index in [1.54, 1.807) is 14.2 Å². The Hall–Kier alpha value is -2.26. The third-order valence-corrected chi connectivity index (χ3v) is 5.74. The van der Waals surface area contributed by atoms with Crippen molar-refractivity contribution in [1.82, 2.24) is 5.32 Å². The number of nitrogens with zero attached hydrogens (tertiary/aromatic N) is 1. The summed E-state index contributed by atoms with van der Waals surface area (Å²) < 4.78 is 10.8. The molecule has 0 bridgehead atoms. The molecule has 1 heterocycles. The topological polar surface area (TPSA) is 75.8 Å². The zero-order valence-electron chi connectivity index (χ0n) is 15.6. The number of ether oxygens (including phenoxy) is 2. The lowest BCUT2D eigenvalue weighted by atomic mass is 10.00. The quantitative estimate of drug-likeness (QED) is 0.805. The van der Waals surface area contributed by atoms with Crippen LogP contribution < -0.4 is 19.7 Å². The second-order valence-electron chi connectivity index (χ2n) is 7.34. The highest BCUT2D eigenvalue weighted by molar-refractivity contribution is 5.78. The van der Waals surface area contributed by atoms with Crippen LogP contribution in [0.3, 0.4) is 0 Å². The second kappa shape index (κ2) is 7.96. The molecule has 6 nitrogen and oxygen atoms in total. The molecule has 1 aromatic rings. The summed E-state index contributed by atoms with van der Waals surface area (Å²) in [7, 11) is 3.30. The summed E-state index contributed by atoms with van der Waals surface area (Å²) in [6, 6.07) is 8.44. The van der Waals surface area contributed by atoms with E-state index in [2.05, 4.69) is 11.4 Å². The average molecular weight is 358 g/mol. The van der Waals surface area contributed by atoms with Crippen LogP contribution in [0.15, 0.2) is 18.2 Å². The van der Waals surface area contributed by atoms with E-state index < -0.39 is 5.54 Å². The number of carbonyl (C=O) groups is 1. The minimum absolute atomic E-state index is 0.0252. The van der Waals surface area contributed by atoms with Crippen LogP contribution in [0.25, 0.3) is 0 Å². The normalized spacial score (nSPS) is 24.0. The summed E-state index contributed by atoms with van der Waals surface area (Å²) in [5.41, 5.74) is 0.466. The molecule has 1 aromatic carbocycles. The van der Waals surface area contributed by atoms with Crippen molar-refractivity contribution in [1.29, 1.82) is 5.26 Å². The summed E-state index contributed by atoms with van der Waals surface area (Å²) in [6.07, 6.45) is 5.65. The van der Waals surface area contributed by atoms with Gasteiger partial charge in [-0.05, 0) is 37.8 Å². The lowest BCUT2D eigenvalue weighted by Gasteiger charge is -2.26. The first-order chi connectivity index (χ1) is 12.6. The Morgan fingerprint density at radius 2 is 2.08 bits per heavy atom. The predicted molar refractivity (Wildman–Crippen MR) is 97.2 cm³/mol. The zero-order chi connectivity index (χ0) is 18.6. The number of hydrogen-bond acceptors (Lipinski definition) is 4. The predicted octanol–water partition coefficient (Wildman–Crippen LogP) is 1.38. The number of amides is 1. The van der Waals surface area contributed by atoms with Gasteiger partial charge in [-0.15, -0.1) is 0 Å². The maximum absolute atomic E-state index is 12.6. The Morgan fingerprint density at radius 3 is 2.73 bits per heavy atom. The van der Waals surface area contributed by atoms with E-state index in [9.17, 15) is 10.1 Å². The molecule has 0 aromatic heterocycles. The van der Waals surface area contributed by atoms with Gasteiger partial charge in [-0.25, -0.2) is 0 Å². The van der Waals surface area contributed by atoms with Gasteiger partial charge in [-0.2, -0.15) is 5.26 Å². The van der Waals surface area contributed by atoms with E-state index in [0.717, 1.165) is 62.1 Å². The van der Waals surface area contributed by atoms with Crippen LogP contribution in [0.5, 0.6) is 11.5 Å². The molecule has 0 radical (unpaired) electrons. The minimum Gasteiger partial charge on any atom is -0.497 e. The van der Waals surface area contributed by atoms with E-state index in [-0.39, 0.29) is 11.9 Å². The minimum atomic E-state index is -0.649. The maximum atomic E-state index is 12.6. The maximum Gasteiger partial charge on any atom is 0.276 e. The van der Waals surface area contributed by atoms with Gasteiger partial charge >= 0.3 is 0 Å². The van der Waals surface area contributed by atoms with Crippen molar-refractivity contribution in [3.8, 4) is 17.6 Å². The first-order valence-corrected chi connectivity index (χ1v) is 9.39. The highest BCUT2D eigenvalue weighted by Crippen LogP contribution is 2.32.